The highest BCUT2D eigenvalue weighted by molar-refractivity contribution is 5.32. The van der Waals surface area contributed by atoms with Crippen LogP contribution >= 0.6 is 0 Å². The summed E-state index contributed by atoms with van der Waals surface area (Å²) in [6, 6.07) is 0. The molecule has 3 saturated carbocycles. The molecule has 6 rings (SSSR count). The number of aliphatic hydroxyl groups is 10. The predicted molar refractivity (Wildman–Crippen MR) is 202 cm³/mol. The molecule has 5 fully saturated rings. The molecule has 20 atom stereocenters. The minimum Gasteiger partial charge on any atom is -0.394 e. The number of aliphatic hydroxyl groups excluding tert-OH is 9. The smallest absolute Gasteiger partial charge is 0.187 e. The fourth-order valence-electron chi connectivity index (χ4n) is 12.8. The van der Waals surface area contributed by atoms with E-state index in [1.165, 1.54) is 5.57 Å². The Kier molecular flexibility index (Phi) is 12.7. The number of hydrogen-bond donors (Lipinski definition) is 10. The van der Waals surface area contributed by atoms with Gasteiger partial charge in [-0.1, -0.05) is 53.2 Å². The van der Waals surface area contributed by atoms with E-state index in [9.17, 15) is 51.1 Å². The Bertz CT molecular complexity index is 1400. The van der Waals surface area contributed by atoms with E-state index >= 15 is 0 Å². The van der Waals surface area contributed by atoms with Crippen LogP contribution in [-0.4, -0.2) is 150 Å². The largest absolute Gasteiger partial charge is 0.394 e. The average molecular weight is 801 g/mol. The summed E-state index contributed by atoms with van der Waals surface area (Å²) in [5.41, 5.74) is -1.23. The van der Waals surface area contributed by atoms with Crippen LogP contribution in [0.2, 0.25) is 0 Å². The van der Waals surface area contributed by atoms with Gasteiger partial charge >= 0.3 is 0 Å². The average Bonchev–Trinajstić information content (AvgIpc) is 3.40. The van der Waals surface area contributed by atoms with E-state index < -0.39 is 103 Å². The Morgan fingerprint density at radius 2 is 1.34 bits per heavy atom. The van der Waals surface area contributed by atoms with Crippen LogP contribution in [0.25, 0.3) is 0 Å². The summed E-state index contributed by atoms with van der Waals surface area (Å²) in [6.45, 7) is 15.7. The molecule has 14 nitrogen and oxygen atoms in total. The molecule has 1 unspecified atom stereocenters. The van der Waals surface area contributed by atoms with E-state index in [-0.39, 0.29) is 40.6 Å². The molecule has 0 radical (unpaired) electrons. The van der Waals surface area contributed by atoms with E-state index in [0.29, 0.717) is 25.7 Å². The van der Waals surface area contributed by atoms with Crippen LogP contribution in [0.15, 0.2) is 11.6 Å². The van der Waals surface area contributed by atoms with Crippen molar-refractivity contribution in [3.63, 3.8) is 0 Å². The van der Waals surface area contributed by atoms with Gasteiger partial charge in [0.25, 0.3) is 0 Å². The highest BCUT2D eigenvalue weighted by Gasteiger charge is 2.70. The Morgan fingerprint density at radius 1 is 0.768 bits per heavy atom. The first kappa shape index (κ1) is 44.7. The molecular weight excluding hydrogens is 728 g/mol. The lowest BCUT2D eigenvalue weighted by molar-refractivity contribution is -0.322. The van der Waals surface area contributed by atoms with Crippen LogP contribution < -0.4 is 0 Å². The van der Waals surface area contributed by atoms with Crippen molar-refractivity contribution in [2.24, 2.45) is 45.3 Å². The van der Waals surface area contributed by atoms with Gasteiger partial charge in [0.05, 0.1) is 37.1 Å². The molecule has 56 heavy (non-hydrogen) atoms. The first-order valence-electron chi connectivity index (χ1n) is 21.0. The molecule has 2 saturated heterocycles. The number of rotatable bonds is 11. The summed E-state index contributed by atoms with van der Waals surface area (Å²) >= 11 is 0. The molecule has 0 amide bonds. The van der Waals surface area contributed by atoms with Crippen molar-refractivity contribution in [2.45, 2.75) is 192 Å². The highest BCUT2D eigenvalue weighted by Crippen LogP contribution is 2.75. The monoisotopic (exact) mass is 800 g/mol. The second-order valence-electron chi connectivity index (χ2n) is 20.2. The standard InChI is InChI=1S/C42H72O14/c1-20(9-13-29(39(4,5)52)56-37-35(51)33(49)31(47)25(19-44)54-37)21-15-16-40(6)26-12-10-22-23(42(26,8)27(45)17-41(21,40)7)11-14-28(38(22,2)3)55-36-34(50)32(48)30(46)24(18-43)53-36/h10,20-21,23-37,43-52H,9,11-19H2,1-8H3/t20-,21-,23-,24-,25-,26?,27-,28+,29-,30-,31-,32+,33+,34-,35-,36+,37+,40+,41-,42+/m1/s1. The Labute approximate surface area is 331 Å². The SMILES string of the molecule is C[C@H](CC[C@@H](O[C@@H]1O[C@H](CO)[C@@H](O)[C@H](O)[C@H]1O)C(C)(C)O)[C@H]1CC[C@@]2(C)C3CC=C4[C@@H](CC[C@H](O[C@@H]5O[C@H](CO)[C@@H](O)[C@H](O)[C@H]5O)C4(C)C)[C@]3(C)[C@H](O)C[C@]12C. The van der Waals surface area contributed by atoms with Crippen molar-refractivity contribution in [1.29, 1.82) is 0 Å². The summed E-state index contributed by atoms with van der Waals surface area (Å²) in [5, 5.41) is 106. The molecule has 0 bridgehead atoms. The second kappa shape index (κ2) is 15.9. The second-order valence-corrected chi connectivity index (χ2v) is 20.2. The highest BCUT2D eigenvalue weighted by atomic mass is 16.7. The van der Waals surface area contributed by atoms with E-state index in [2.05, 4.69) is 47.6 Å². The van der Waals surface area contributed by atoms with Crippen molar-refractivity contribution in [1.82, 2.24) is 0 Å². The van der Waals surface area contributed by atoms with E-state index in [4.69, 9.17) is 18.9 Å². The van der Waals surface area contributed by atoms with Crippen LogP contribution in [0.1, 0.15) is 107 Å². The van der Waals surface area contributed by atoms with Gasteiger partial charge in [0.2, 0.25) is 0 Å². The first-order chi connectivity index (χ1) is 26.0. The van der Waals surface area contributed by atoms with Crippen molar-refractivity contribution in [3.05, 3.63) is 11.6 Å². The Balaban J connectivity index is 1.17. The molecule has 6 aliphatic rings. The van der Waals surface area contributed by atoms with E-state index in [0.717, 1.165) is 25.7 Å². The van der Waals surface area contributed by atoms with Gasteiger partial charge in [-0.3, -0.25) is 0 Å². The predicted octanol–water partition coefficient (Wildman–Crippen LogP) is 1.12. The molecule has 0 aromatic heterocycles. The normalized spacial score (nSPS) is 50.3. The van der Waals surface area contributed by atoms with Gasteiger partial charge < -0.3 is 70.0 Å². The molecule has 0 aromatic carbocycles. The molecule has 2 aliphatic heterocycles. The van der Waals surface area contributed by atoms with Crippen LogP contribution in [-0.2, 0) is 18.9 Å². The van der Waals surface area contributed by atoms with Gasteiger partial charge in [-0.25, -0.2) is 0 Å². The lowest BCUT2D eigenvalue weighted by Crippen LogP contribution is -2.65. The quantitative estimate of drug-likeness (QED) is 0.132. The maximum atomic E-state index is 12.5. The summed E-state index contributed by atoms with van der Waals surface area (Å²) in [7, 11) is 0. The Morgan fingerprint density at radius 3 is 1.91 bits per heavy atom. The summed E-state index contributed by atoms with van der Waals surface area (Å²) < 4.78 is 23.9. The number of fused-ring (bicyclic) bond motifs is 5. The van der Waals surface area contributed by atoms with Crippen LogP contribution in [0.4, 0.5) is 0 Å². The van der Waals surface area contributed by atoms with Crippen molar-refractivity contribution >= 4 is 0 Å². The molecule has 10 N–H and O–H groups in total. The molecule has 2 heterocycles. The zero-order valence-electron chi connectivity index (χ0n) is 34.6. The zero-order valence-corrected chi connectivity index (χ0v) is 34.6. The molecular formula is C42H72O14. The van der Waals surface area contributed by atoms with Gasteiger partial charge in [-0.2, -0.15) is 0 Å². The molecule has 4 aliphatic carbocycles. The van der Waals surface area contributed by atoms with Crippen molar-refractivity contribution < 1.29 is 70.0 Å². The summed E-state index contributed by atoms with van der Waals surface area (Å²) in [5.74, 6) is 0.800. The third kappa shape index (κ3) is 7.16. The zero-order chi connectivity index (χ0) is 41.5. The minimum atomic E-state index is -1.58. The lowest BCUT2D eigenvalue weighted by atomic mass is 9.38. The third-order valence-corrected chi connectivity index (χ3v) is 16.6. The van der Waals surface area contributed by atoms with Gasteiger partial charge in [-0.15, -0.1) is 0 Å². The maximum absolute atomic E-state index is 12.5. The molecule has 324 valence electrons. The first-order valence-corrected chi connectivity index (χ1v) is 21.0. The fraction of sp³-hybridized carbons (Fsp3) is 0.952. The summed E-state index contributed by atoms with van der Waals surface area (Å²) in [4.78, 5) is 0. The Hall–Kier alpha value is -0.820. The van der Waals surface area contributed by atoms with Crippen LogP contribution in [0, 0.1) is 45.3 Å². The number of ether oxygens (including phenoxy) is 4. The minimum absolute atomic E-state index is 0.0712. The maximum Gasteiger partial charge on any atom is 0.187 e. The van der Waals surface area contributed by atoms with Crippen LogP contribution in [0.5, 0.6) is 0 Å². The van der Waals surface area contributed by atoms with Crippen molar-refractivity contribution in [3.8, 4) is 0 Å². The van der Waals surface area contributed by atoms with Gasteiger partial charge in [0.1, 0.15) is 48.8 Å². The van der Waals surface area contributed by atoms with Crippen molar-refractivity contribution in [2.75, 3.05) is 13.2 Å². The van der Waals surface area contributed by atoms with E-state index in [1.807, 2.05) is 0 Å². The topological polar surface area (TPSA) is 239 Å². The van der Waals surface area contributed by atoms with E-state index in [1.54, 1.807) is 13.8 Å². The lowest BCUT2D eigenvalue weighted by Gasteiger charge is -2.67. The number of hydrogen-bond acceptors (Lipinski definition) is 14. The third-order valence-electron chi connectivity index (χ3n) is 16.6. The molecule has 0 spiro atoms. The van der Waals surface area contributed by atoms with Gasteiger partial charge in [0, 0.05) is 10.8 Å². The van der Waals surface area contributed by atoms with Gasteiger partial charge in [-0.05, 0) is 99.7 Å². The number of allylic oxidation sites excluding steroid dienone is 1. The van der Waals surface area contributed by atoms with Crippen LogP contribution in [0.3, 0.4) is 0 Å². The van der Waals surface area contributed by atoms with Gasteiger partial charge in [0.15, 0.2) is 12.6 Å². The fourth-order valence-corrected chi connectivity index (χ4v) is 12.8. The molecule has 14 heteroatoms. The molecule has 0 aromatic rings. The summed E-state index contributed by atoms with van der Waals surface area (Å²) in [6.07, 6.45) is -7.19.